The highest BCUT2D eigenvalue weighted by Gasteiger charge is 2.37. The Hall–Kier alpha value is -1.71. The number of benzene rings is 1. The molecule has 0 amide bonds. The van der Waals surface area contributed by atoms with Crippen LogP contribution in [0.4, 0.5) is 5.69 Å². The second-order valence-electron chi connectivity index (χ2n) is 4.52. The van der Waals surface area contributed by atoms with Crippen molar-refractivity contribution >= 4 is 11.7 Å². The molecule has 92 valence electrons. The average Bonchev–Trinajstić information content (AvgIpc) is 2.67. The van der Waals surface area contributed by atoms with E-state index in [-0.39, 0.29) is 6.04 Å². The van der Waals surface area contributed by atoms with E-state index in [0.717, 1.165) is 17.0 Å². The molecule has 1 aromatic rings. The van der Waals surface area contributed by atoms with E-state index in [1.165, 1.54) is 0 Å². The van der Waals surface area contributed by atoms with Gasteiger partial charge in [-0.1, -0.05) is 6.07 Å². The highest BCUT2D eigenvalue weighted by Crippen LogP contribution is 2.39. The fourth-order valence-corrected chi connectivity index (χ4v) is 2.50. The van der Waals surface area contributed by atoms with Crippen LogP contribution < -0.4 is 9.64 Å². The number of rotatable bonds is 3. The smallest absolute Gasteiger partial charge is 0.326 e. The Morgan fingerprint density at radius 1 is 1.53 bits per heavy atom. The first-order chi connectivity index (χ1) is 8.06. The maximum Gasteiger partial charge on any atom is 0.326 e. The maximum atomic E-state index is 11.3. The van der Waals surface area contributed by atoms with Crippen molar-refractivity contribution in [2.45, 2.75) is 32.4 Å². The van der Waals surface area contributed by atoms with E-state index in [0.29, 0.717) is 6.42 Å². The Kier molecular flexibility index (Phi) is 2.96. The van der Waals surface area contributed by atoms with E-state index >= 15 is 0 Å². The number of carboxylic acids is 1. The molecule has 0 saturated heterocycles. The number of carboxylic acid groups (broad SMARTS) is 1. The van der Waals surface area contributed by atoms with Gasteiger partial charge in [-0.05, 0) is 26.0 Å². The second kappa shape index (κ2) is 4.28. The van der Waals surface area contributed by atoms with Crippen LogP contribution >= 0.6 is 0 Å². The zero-order chi connectivity index (χ0) is 12.6. The minimum Gasteiger partial charge on any atom is -0.496 e. The molecule has 0 aromatic heterocycles. The first-order valence-corrected chi connectivity index (χ1v) is 5.73. The molecule has 1 aliphatic heterocycles. The molecule has 0 fully saturated rings. The van der Waals surface area contributed by atoms with Gasteiger partial charge in [0.15, 0.2) is 0 Å². The van der Waals surface area contributed by atoms with Crippen LogP contribution in [-0.2, 0) is 11.2 Å². The van der Waals surface area contributed by atoms with Crippen molar-refractivity contribution in [3.05, 3.63) is 23.8 Å². The monoisotopic (exact) mass is 235 g/mol. The van der Waals surface area contributed by atoms with Crippen molar-refractivity contribution in [1.82, 2.24) is 0 Å². The molecule has 4 nitrogen and oxygen atoms in total. The number of aliphatic carboxylic acids is 1. The number of hydrogen-bond acceptors (Lipinski definition) is 3. The molecule has 1 aromatic carbocycles. The number of nitrogens with zero attached hydrogens (tertiary/aromatic N) is 1. The van der Waals surface area contributed by atoms with Crippen molar-refractivity contribution < 1.29 is 14.6 Å². The fourth-order valence-electron chi connectivity index (χ4n) is 2.50. The predicted octanol–water partition coefficient (Wildman–Crippen LogP) is 1.92. The quantitative estimate of drug-likeness (QED) is 0.869. The van der Waals surface area contributed by atoms with E-state index in [4.69, 9.17) is 4.74 Å². The number of ether oxygens (including phenoxy) is 1. The van der Waals surface area contributed by atoms with Crippen LogP contribution in [0.15, 0.2) is 18.2 Å². The molecule has 1 heterocycles. The first kappa shape index (κ1) is 11.8. The Morgan fingerprint density at radius 2 is 2.24 bits per heavy atom. The van der Waals surface area contributed by atoms with Gasteiger partial charge < -0.3 is 14.7 Å². The Balaban J connectivity index is 2.49. The van der Waals surface area contributed by atoms with Crippen LogP contribution in [0.3, 0.4) is 0 Å². The lowest BCUT2D eigenvalue weighted by Gasteiger charge is -2.28. The van der Waals surface area contributed by atoms with Gasteiger partial charge in [0.25, 0.3) is 0 Å². The molecule has 4 heteroatoms. The molecular weight excluding hydrogens is 218 g/mol. The molecule has 1 atom stereocenters. The Bertz CT molecular complexity index is 442. The lowest BCUT2D eigenvalue weighted by molar-refractivity contribution is -0.138. The standard InChI is InChI=1S/C13H17NO3/c1-8(2)14-10-5-4-6-12(17-3)9(10)7-11(14)13(15)16/h4-6,8,11H,7H2,1-3H3,(H,15,16). The van der Waals surface area contributed by atoms with Crippen LogP contribution in [-0.4, -0.2) is 30.3 Å². The summed E-state index contributed by atoms with van der Waals surface area (Å²) in [4.78, 5) is 13.2. The van der Waals surface area contributed by atoms with Crippen molar-refractivity contribution in [1.29, 1.82) is 0 Å². The van der Waals surface area contributed by atoms with Crippen molar-refractivity contribution in [2.24, 2.45) is 0 Å². The SMILES string of the molecule is COc1cccc2c1CC(C(=O)O)N2C(C)C. The van der Waals surface area contributed by atoms with Gasteiger partial charge in [0.05, 0.1) is 7.11 Å². The third-order valence-electron chi connectivity index (χ3n) is 3.18. The topological polar surface area (TPSA) is 49.8 Å². The molecular formula is C13H17NO3. The van der Waals surface area contributed by atoms with Crippen molar-refractivity contribution in [3.8, 4) is 5.75 Å². The van der Waals surface area contributed by atoms with Gasteiger partial charge >= 0.3 is 5.97 Å². The maximum absolute atomic E-state index is 11.3. The lowest BCUT2D eigenvalue weighted by atomic mass is 10.1. The molecule has 2 rings (SSSR count). The molecule has 0 radical (unpaired) electrons. The summed E-state index contributed by atoms with van der Waals surface area (Å²) in [5, 5.41) is 9.29. The van der Waals surface area contributed by atoms with E-state index in [1.807, 2.05) is 36.9 Å². The van der Waals surface area contributed by atoms with Gasteiger partial charge in [-0.25, -0.2) is 4.79 Å². The van der Waals surface area contributed by atoms with E-state index < -0.39 is 12.0 Å². The van der Waals surface area contributed by atoms with Gasteiger partial charge in [-0.3, -0.25) is 0 Å². The fraction of sp³-hybridized carbons (Fsp3) is 0.462. The number of fused-ring (bicyclic) bond motifs is 1. The number of anilines is 1. The lowest BCUT2D eigenvalue weighted by Crippen LogP contribution is -2.42. The zero-order valence-corrected chi connectivity index (χ0v) is 10.3. The highest BCUT2D eigenvalue weighted by molar-refractivity contribution is 5.83. The van der Waals surface area contributed by atoms with Gasteiger partial charge in [0.1, 0.15) is 11.8 Å². The predicted molar refractivity (Wildman–Crippen MR) is 65.7 cm³/mol. The Morgan fingerprint density at radius 3 is 2.76 bits per heavy atom. The molecule has 1 N–H and O–H groups in total. The van der Waals surface area contributed by atoms with Gasteiger partial charge in [0.2, 0.25) is 0 Å². The third-order valence-corrected chi connectivity index (χ3v) is 3.18. The van der Waals surface area contributed by atoms with Gasteiger partial charge in [0, 0.05) is 23.7 Å². The number of carbonyl (C=O) groups is 1. The Labute approximate surface area is 101 Å². The van der Waals surface area contributed by atoms with Crippen LogP contribution in [0.1, 0.15) is 19.4 Å². The molecule has 0 spiro atoms. The van der Waals surface area contributed by atoms with Gasteiger partial charge in [-0.2, -0.15) is 0 Å². The van der Waals surface area contributed by atoms with Crippen LogP contribution in [0.2, 0.25) is 0 Å². The van der Waals surface area contributed by atoms with E-state index in [2.05, 4.69) is 0 Å². The molecule has 1 aliphatic rings. The molecule has 17 heavy (non-hydrogen) atoms. The number of hydrogen-bond donors (Lipinski definition) is 1. The summed E-state index contributed by atoms with van der Waals surface area (Å²) in [5.74, 6) is -0.00569. The van der Waals surface area contributed by atoms with Crippen LogP contribution in [0.25, 0.3) is 0 Å². The summed E-state index contributed by atoms with van der Waals surface area (Å²) < 4.78 is 5.29. The zero-order valence-electron chi connectivity index (χ0n) is 10.3. The van der Waals surface area contributed by atoms with Crippen molar-refractivity contribution in [3.63, 3.8) is 0 Å². The van der Waals surface area contributed by atoms with Crippen molar-refractivity contribution in [2.75, 3.05) is 12.0 Å². The summed E-state index contributed by atoms with van der Waals surface area (Å²) in [6.45, 7) is 4.01. The summed E-state index contributed by atoms with van der Waals surface area (Å²) in [7, 11) is 1.61. The van der Waals surface area contributed by atoms with Gasteiger partial charge in [-0.15, -0.1) is 0 Å². The largest absolute Gasteiger partial charge is 0.496 e. The second-order valence-corrected chi connectivity index (χ2v) is 4.52. The summed E-state index contributed by atoms with van der Waals surface area (Å²) in [5.41, 5.74) is 1.97. The molecule has 0 bridgehead atoms. The molecule has 0 saturated carbocycles. The number of methoxy groups -OCH3 is 1. The minimum atomic E-state index is -0.781. The summed E-state index contributed by atoms with van der Waals surface area (Å²) in [6.07, 6.45) is 0.507. The molecule has 0 aliphatic carbocycles. The normalized spacial score (nSPS) is 18.4. The van der Waals surface area contributed by atoms with Crippen LogP contribution in [0.5, 0.6) is 5.75 Å². The minimum absolute atomic E-state index is 0.157. The average molecular weight is 235 g/mol. The molecule has 1 unspecified atom stereocenters. The first-order valence-electron chi connectivity index (χ1n) is 5.73. The third kappa shape index (κ3) is 1.84. The van der Waals surface area contributed by atoms with E-state index in [1.54, 1.807) is 7.11 Å². The van der Waals surface area contributed by atoms with Crippen LogP contribution in [0, 0.1) is 0 Å². The van der Waals surface area contributed by atoms with E-state index in [9.17, 15) is 9.90 Å². The summed E-state index contributed by atoms with van der Waals surface area (Å²) in [6, 6.07) is 5.41. The highest BCUT2D eigenvalue weighted by atomic mass is 16.5. The summed E-state index contributed by atoms with van der Waals surface area (Å²) >= 11 is 0.